The molecule has 2 aliphatic heterocycles. The molecular weight excluding hydrogens is 306 g/mol. The lowest BCUT2D eigenvalue weighted by atomic mass is 10.1. The fourth-order valence-corrected chi connectivity index (χ4v) is 3.35. The number of aryl methyl sites for hydroxylation is 1. The number of carbonyl (C=O) groups excluding carboxylic acids is 1. The molecule has 2 aromatic rings. The molecule has 0 spiro atoms. The third kappa shape index (κ3) is 2.71. The van der Waals surface area contributed by atoms with Gasteiger partial charge in [-0.2, -0.15) is 0 Å². The summed E-state index contributed by atoms with van der Waals surface area (Å²) >= 11 is 0. The molecule has 2 fully saturated rings. The highest BCUT2D eigenvalue weighted by Crippen LogP contribution is 2.27. The SMILES string of the molecule is Cc1ncc(C(=O)N2C[C@@H]3OCCN(c4ccccn4)[C@H]3C2)cn1. The Morgan fingerprint density at radius 3 is 2.79 bits per heavy atom. The van der Waals surface area contributed by atoms with Crippen molar-refractivity contribution >= 4 is 11.7 Å². The third-order valence-corrected chi connectivity index (χ3v) is 4.56. The van der Waals surface area contributed by atoms with Crippen LogP contribution >= 0.6 is 0 Å². The predicted molar refractivity (Wildman–Crippen MR) is 87.8 cm³/mol. The quantitative estimate of drug-likeness (QED) is 0.817. The highest BCUT2D eigenvalue weighted by atomic mass is 16.5. The molecular formula is C17H19N5O2. The first-order valence-electron chi connectivity index (χ1n) is 8.09. The molecule has 0 radical (unpaired) electrons. The Hall–Kier alpha value is -2.54. The number of amides is 1. The van der Waals surface area contributed by atoms with E-state index in [-0.39, 0.29) is 18.1 Å². The minimum absolute atomic E-state index is 0.0103. The second-order valence-corrected chi connectivity index (χ2v) is 6.09. The number of carbonyl (C=O) groups is 1. The smallest absolute Gasteiger partial charge is 0.257 e. The maximum absolute atomic E-state index is 12.7. The number of pyridine rings is 1. The van der Waals surface area contributed by atoms with Crippen LogP contribution in [0.1, 0.15) is 16.2 Å². The average Bonchev–Trinajstić information content (AvgIpc) is 3.06. The van der Waals surface area contributed by atoms with Gasteiger partial charge in [-0.15, -0.1) is 0 Å². The van der Waals surface area contributed by atoms with Crippen molar-refractivity contribution < 1.29 is 9.53 Å². The number of hydrogen-bond donors (Lipinski definition) is 0. The number of morpholine rings is 1. The van der Waals surface area contributed by atoms with Gasteiger partial charge in [0.25, 0.3) is 5.91 Å². The van der Waals surface area contributed by atoms with E-state index in [1.807, 2.05) is 23.1 Å². The van der Waals surface area contributed by atoms with Gasteiger partial charge in [0.05, 0.1) is 24.3 Å². The van der Waals surface area contributed by atoms with E-state index in [0.29, 0.717) is 31.1 Å². The fraction of sp³-hybridized carbons (Fsp3) is 0.412. The third-order valence-electron chi connectivity index (χ3n) is 4.56. The number of hydrogen-bond acceptors (Lipinski definition) is 6. The van der Waals surface area contributed by atoms with Crippen molar-refractivity contribution in [2.24, 2.45) is 0 Å². The summed E-state index contributed by atoms with van der Waals surface area (Å²) in [5, 5.41) is 0. The van der Waals surface area contributed by atoms with E-state index in [1.165, 1.54) is 0 Å². The van der Waals surface area contributed by atoms with Crippen molar-refractivity contribution in [3.05, 3.63) is 48.2 Å². The number of ether oxygens (including phenoxy) is 1. The minimum Gasteiger partial charge on any atom is -0.372 e. The largest absolute Gasteiger partial charge is 0.372 e. The second kappa shape index (κ2) is 6.16. The molecule has 4 heterocycles. The molecule has 7 heteroatoms. The van der Waals surface area contributed by atoms with Crippen LogP contribution in [0.15, 0.2) is 36.8 Å². The minimum atomic E-state index is -0.0472. The first-order valence-corrected chi connectivity index (χ1v) is 8.09. The number of rotatable bonds is 2. The van der Waals surface area contributed by atoms with E-state index >= 15 is 0 Å². The highest BCUT2D eigenvalue weighted by Gasteiger charge is 2.42. The van der Waals surface area contributed by atoms with Gasteiger partial charge >= 0.3 is 0 Å². The zero-order chi connectivity index (χ0) is 16.5. The first-order chi connectivity index (χ1) is 11.7. The van der Waals surface area contributed by atoms with Gasteiger partial charge in [-0.3, -0.25) is 4.79 Å². The van der Waals surface area contributed by atoms with E-state index < -0.39 is 0 Å². The molecule has 0 unspecified atom stereocenters. The van der Waals surface area contributed by atoms with Gasteiger partial charge in [0.2, 0.25) is 0 Å². The van der Waals surface area contributed by atoms with E-state index in [9.17, 15) is 4.79 Å². The van der Waals surface area contributed by atoms with Crippen molar-refractivity contribution in [1.82, 2.24) is 19.9 Å². The fourth-order valence-electron chi connectivity index (χ4n) is 3.35. The second-order valence-electron chi connectivity index (χ2n) is 6.09. The monoisotopic (exact) mass is 325 g/mol. The number of nitrogens with zero attached hydrogens (tertiary/aromatic N) is 5. The molecule has 124 valence electrons. The summed E-state index contributed by atoms with van der Waals surface area (Å²) in [6.07, 6.45) is 4.98. The summed E-state index contributed by atoms with van der Waals surface area (Å²) in [5.41, 5.74) is 0.517. The summed E-state index contributed by atoms with van der Waals surface area (Å²) < 4.78 is 5.89. The molecule has 0 bridgehead atoms. The van der Waals surface area contributed by atoms with Crippen LogP contribution < -0.4 is 4.90 Å². The van der Waals surface area contributed by atoms with Gasteiger partial charge in [-0.05, 0) is 19.1 Å². The predicted octanol–water partition coefficient (Wildman–Crippen LogP) is 0.910. The Morgan fingerprint density at radius 1 is 1.21 bits per heavy atom. The lowest BCUT2D eigenvalue weighted by molar-refractivity contribution is 0.0299. The molecule has 0 saturated carbocycles. The average molecular weight is 325 g/mol. The maximum Gasteiger partial charge on any atom is 0.257 e. The lowest BCUT2D eigenvalue weighted by Crippen LogP contribution is -2.51. The van der Waals surface area contributed by atoms with Crippen LogP contribution in [0.5, 0.6) is 0 Å². The summed E-state index contributed by atoms with van der Waals surface area (Å²) in [4.78, 5) is 29.4. The molecule has 0 aliphatic carbocycles. The summed E-state index contributed by atoms with van der Waals surface area (Å²) in [6.45, 7) is 4.44. The van der Waals surface area contributed by atoms with Crippen molar-refractivity contribution in [1.29, 1.82) is 0 Å². The summed E-state index contributed by atoms with van der Waals surface area (Å²) in [7, 11) is 0. The Morgan fingerprint density at radius 2 is 2.04 bits per heavy atom. The van der Waals surface area contributed by atoms with Crippen LogP contribution in [-0.4, -0.2) is 64.1 Å². The molecule has 2 saturated heterocycles. The molecule has 24 heavy (non-hydrogen) atoms. The van der Waals surface area contributed by atoms with Gasteiger partial charge in [0.15, 0.2) is 0 Å². The molecule has 2 aromatic heterocycles. The number of likely N-dealkylation sites (tertiary alicyclic amines) is 1. The zero-order valence-electron chi connectivity index (χ0n) is 13.5. The Balaban J connectivity index is 1.53. The van der Waals surface area contributed by atoms with Gasteiger partial charge in [-0.25, -0.2) is 15.0 Å². The Bertz CT molecular complexity index is 722. The van der Waals surface area contributed by atoms with Crippen molar-refractivity contribution in [2.45, 2.75) is 19.1 Å². The first kappa shape index (κ1) is 15.0. The van der Waals surface area contributed by atoms with Gasteiger partial charge < -0.3 is 14.5 Å². The molecule has 2 aliphatic rings. The zero-order valence-corrected chi connectivity index (χ0v) is 13.5. The molecule has 0 aromatic carbocycles. The van der Waals surface area contributed by atoms with E-state index in [4.69, 9.17) is 4.74 Å². The standard InChI is InChI=1S/C17H19N5O2/c1-12-19-8-13(9-20-12)17(23)21-10-14-15(11-21)24-7-6-22(14)16-4-2-3-5-18-16/h2-5,8-9,14-15H,6-7,10-11H2,1H3/t14-,15-/m0/s1. The van der Waals surface area contributed by atoms with E-state index in [1.54, 1.807) is 25.5 Å². The molecule has 2 atom stereocenters. The topological polar surface area (TPSA) is 71.5 Å². The molecule has 4 rings (SSSR count). The Kier molecular flexibility index (Phi) is 3.86. The van der Waals surface area contributed by atoms with Crippen molar-refractivity contribution in [3.8, 4) is 0 Å². The Labute approximate surface area is 140 Å². The van der Waals surface area contributed by atoms with Crippen molar-refractivity contribution in [3.63, 3.8) is 0 Å². The van der Waals surface area contributed by atoms with Gasteiger partial charge in [0, 0.05) is 38.2 Å². The van der Waals surface area contributed by atoms with E-state index in [0.717, 1.165) is 12.4 Å². The lowest BCUT2D eigenvalue weighted by Gasteiger charge is -2.37. The molecule has 7 nitrogen and oxygen atoms in total. The summed E-state index contributed by atoms with van der Waals surface area (Å²) in [5.74, 6) is 1.55. The summed E-state index contributed by atoms with van der Waals surface area (Å²) in [6, 6.07) is 6.02. The van der Waals surface area contributed by atoms with Gasteiger partial charge in [0.1, 0.15) is 11.6 Å². The van der Waals surface area contributed by atoms with Crippen LogP contribution in [0.2, 0.25) is 0 Å². The number of aromatic nitrogens is 3. The maximum atomic E-state index is 12.7. The normalized spacial score (nSPS) is 23.2. The number of anilines is 1. The van der Waals surface area contributed by atoms with Gasteiger partial charge in [-0.1, -0.05) is 6.07 Å². The highest BCUT2D eigenvalue weighted by molar-refractivity contribution is 5.94. The molecule has 0 N–H and O–H groups in total. The van der Waals surface area contributed by atoms with Crippen molar-refractivity contribution in [2.75, 3.05) is 31.1 Å². The van der Waals surface area contributed by atoms with Crippen LogP contribution in [0.4, 0.5) is 5.82 Å². The van der Waals surface area contributed by atoms with E-state index in [2.05, 4.69) is 19.9 Å². The van der Waals surface area contributed by atoms with Crippen LogP contribution in [-0.2, 0) is 4.74 Å². The van der Waals surface area contributed by atoms with Crippen LogP contribution in [0.25, 0.3) is 0 Å². The number of fused-ring (bicyclic) bond motifs is 1. The molecule has 1 amide bonds. The van der Waals surface area contributed by atoms with Crippen LogP contribution in [0, 0.1) is 6.92 Å². The van der Waals surface area contributed by atoms with Crippen LogP contribution in [0.3, 0.4) is 0 Å².